The molecule has 0 spiro atoms. The summed E-state index contributed by atoms with van der Waals surface area (Å²) in [4.78, 5) is 4.37. The van der Waals surface area contributed by atoms with E-state index in [0.29, 0.717) is 23.8 Å². The summed E-state index contributed by atoms with van der Waals surface area (Å²) in [5.74, 6) is -1.97. The van der Waals surface area contributed by atoms with Gasteiger partial charge in [-0.3, -0.25) is 4.99 Å². The molecule has 0 saturated carbocycles. The summed E-state index contributed by atoms with van der Waals surface area (Å²) in [6.45, 7) is 4.88. The average Bonchev–Trinajstić information content (AvgIpc) is 2.43. The fraction of sp³-hybridized carbons (Fsp3) is 0.500. The Kier molecular flexibility index (Phi) is 4.62. The van der Waals surface area contributed by atoms with Gasteiger partial charge in [-0.2, -0.15) is 0 Å². The molecule has 0 saturated heterocycles. The van der Waals surface area contributed by atoms with Gasteiger partial charge < -0.3 is 5.32 Å². The number of benzene rings is 1. The maximum absolute atomic E-state index is 13.5. The lowest BCUT2D eigenvalue weighted by Crippen LogP contribution is -2.32. The van der Waals surface area contributed by atoms with Crippen LogP contribution in [-0.4, -0.2) is 17.5 Å². The molecule has 110 valence electrons. The van der Waals surface area contributed by atoms with Gasteiger partial charge in [0.15, 0.2) is 16.8 Å². The average molecular weight is 302 g/mol. The van der Waals surface area contributed by atoms with E-state index in [2.05, 4.69) is 24.2 Å². The molecule has 1 aliphatic heterocycles. The van der Waals surface area contributed by atoms with Crippen LogP contribution in [0.15, 0.2) is 17.1 Å². The van der Waals surface area contributed by atoms with Crippen LogP contribution in [0.25, 0.3) is 0 Å². The van der Waals surface area contributed by atoms with E-state index in [9.17, 15) is 13.2 Å². The number of halogens is 3. The second-order valence-corrected chi connectivity index (χ2v) is 5.95. The number of aliphatic imine (C=N–C) groups is 1. The van der Waals surface area contributed by atoms with Gasteiger partial charge in [-0.25, -0.2) is 13.2 Å². The summed E-state index contributed by atoms with van der Waals surface area (Å²) >= 11 is 1.45. The Hall–Kier alpha value is -1.17. The second kappa shape index (κ2) is 6.08. The molecular formula is C14H17F3N2S. The summed E-state index contributed by atoms with van der Waals surface area (Å²) in [5, 5.41) is 3.11. The summed E-state index contributed by atoms with van der Waals surface area (Å²) in [5.41, 5.74) is -0.187. The van der Waals surface area contributed by atoms with E-state index in [4.69, 9.17) is 0 Å². The Balaban J connectivity index is 2.15. The lowest BCUT2D eigenvalue weighted by molar-refractivity contribution is 0.318. The molecule has 1 aliphatic rings. The largest absolute Gasteiger partial charge is 0.330 e. The van der Waals surface area contributed by atoms with Gasteiger partial charge in [0.25, 0.3) is 0 Å². The molecule has 20 heavy (non-hydrogen) atoms. The van der Waals surface area contributed by atoms with Crippen molar-refractivity contribution in [1.82, 2.24) is 0 Å². The van der Waals surface area contributed by atoms with Crippen molar-refractivity contribution in [2.75, 3.05) is 17.6 Å². The fourth-order valence-electron chi connectivity index (χ4n) is 2.07. The Morgan fingerprint density at radius 2 is 1.80 bits per heavy atom. The molecule has 1 aromatic carbocycles. The molecule has 0 radical (unpaired) electrons. The number of nitrogens with one attached hydrogen (secondary N) is 1. The first-order chi connectivity index (χ1) is 9.49. The Labute approximate surface area is 120 Å². The first-order valence-corrected chi connectivity index (χ1v) is 7.57. The monoisotopic (exact) mass is 302 g/mol. The molecule has 2 rings (SSSR count). The Bertz CT molecular complexity index is 504. The highest BCUT2D eigenvalue weighted by Crippen LogP contribution is 2.35. The molecule has 6 heteroatoms. The number of amidine groups is 1. The van der Waals surface area contributed by atoms with Crippen LogP contribution in [0.3, 0.4) is 0 Å². The molecule has 1 aromatic rings. The van der Waals surface area contributed by atoms with Crippen LogP contribution in [0, 0.1) is 22.9 Å². The zero-order chi connectivity index (χ0) is 14.8. The normalized spacial score (nSPS) is 17.8. The standard InChI is InChI=1S/C14H17F3N2S/c1-3-14(4-2)7-18-13(20-8-14)19-12-10(16)5-9(15)6-11(12)17/h5-6H,3-4,7-8H2,1-2H3,(H,18,19). The third-order valence-electron chi connectivity index (χ3n) is 3.81. The summed E-state index contributed by atoms with van der Waals surface area (Å²) in [7, 11) is 0. The van der Waals surface area contributed by atoms with E-state index in [1.165, 1.54) is 11.8 Å². The van der Waals surface area contributed by atoms with Gasteiger partial charge in [0, 0.05) is 24.4 Å². The van der Waals surface area contributed by atoms with Crippen LogP contribution in [0.2, 0.25) is 0 Å². The van der Waals surface area contributed by atoms with Gasteiger partial charge in [0.2, 0.25) is 0 Å². The zero-order valence-corrected chi connectivity index (χ0v) is 12.3. The van der Waals surface area contributed by atoms with Gasteiger partial charge in [-0.1, -0.05) is 25.6 Å². The van der Waals surface area contributed by atoms with Crippen molar-refractivity contribution < 1.29 is 13.2 Å². The van der Waals surface area contributed by atoms with E-state index in [1.807, 2.05) is 0 Å². The van der Waals surface area contributed by atoms with Crippen molar-refractivity contribution in [3.05, 3.63) is 29.6 Å². The van der Waals surface area contributed by atoms with Crippen LogP contribution < -0.4 is 5.32 Å². The molecule has 1 heterocycles. The minimum atomic E-state index is -0.950. The molecule has 0 aromatic heterocycles. The quantitative estimate of drug-likeness (QED) is 0.893. The smallest absolute Gasteiger partial charge is 0.161 e. The van der Waals surface area contributed by atoms with Crippen molar-refractivity contribution in [3.63, 3.8) is 0 Å². The van der Waals surface area contributed by atoms with Crippen LogP contribution in [0.5, 0.6) is 0 Å². The molecular weight excluding hydrogens is 285 g/mol. The lowest BCUT2D eigenvalue weighted by Gasteiger charge is -2.33. The Morgan fingerprint density at radius 3 is 2.25 bits per heavy atom. The minimum Gasteiger partial charge on any atom is -0.330 e. The first-order valence-electron chi connectivity index (χ1n) is 6.58. The highest BCUT2D eigenvalue weighted by Gasteiger charge is 2.30. The van der Waals surface area contributed by atoms with Crippen molar-refractivity contribution >= 4 is 22.6 Å². The summed E-state index contributed by atoms with van der Waals surface area (Å²) < 4.78 is 39.9. The van der Waals surface area contributed by atoms with Crippen LogP contribution in [0.4, 0.5) is 18.9 Å². The van der Waals surface area contributed by atoms with Crippen LogP contribution in [0.1, 0.15) is 26.7 Å². The lowest BCUT2D eigenvalue weighted by atomic mass is 9.84. The molecule has 1 N–H and O–H groups in total. The third kappa shape index (κ3) is 3.11. The molecule has 0 unspecified atom stereocenters. The van der Waals surface area contributed by atoms with Crippen LogP contribution in [-0.2, 0) is 0 Å². The predicted molar refractivity (Wildman–Crippen MR) is 77.7 cm³/mol. The van der Waals surface area contributed by atoms with Crippen molar-refractivity contribution in [1.29, 1.82) is 0 Å². The Morgan fingerprint density at radius 1 is 1.20 bits per heavy atom. The summed E-state index contributed by atoms with van der Waals surface area (Å²) in [6.07, 6.45) is 2.04. The molecule has 0 fully saturated rings. The fourth-order valence-corrected chi connectivity index (χ4v) is 3.35. The number of anilines is 1. The first kappa shape index (κ1) is 15.2. The topological polar surface area (TPSA) is 24.4 Å². The maximum Gasteiger partial charge on any atom is 0.161 e. The molecule has 0 amide bonds. The van der Waals surface area contributed by atoms with Crippen molar-refractivity contribution in [2.45, 2.75) is 26.7 Å². The zero-order valence-electron chi connectivity index (χ0n) is 11.5. The predicted octanol–water partition coefficient (Wildman–Crippen LogP) is 4.43. The maximum atomic E-state index is 13.5. The van der Waals surface area contributed by atoms with E-state index >= 15 is 0 Å². The van der Waals surface area contributed by atoms with Crippen LogP contribution >= 0.6 is 11.8 Å². The minimum absolute atomic E-state index is 0.162. The number of hydrogen-bond acceptors (Lipinski definition) is 3. The van der Waals surface area contributed by atoms with Gasteiger partial charge in [-0.05, 0) is 18.3 Å². The molecule has 2 nitrogen and oxygen atoms in total. The highest BCUT2D eigenvalue weighted by molar-refractivity contribution is 8.14. The molecule has 0 atom stereocenters. The number of hydrogen-bond donors (Lipinski definition) is 1. The van der Waals surface area contributed by atoms with E-state index in [1.54, 1.807) is 0 Å². The summed E-state index contributed by atoms with van der Waals surface area (Å²) in [6, 6.07) is 1.31. The second-order valence-electron chi connectivity index (χ2n) is 4.99. The SMILES string of the molecule is CCC1(CC)CN=C(Nc2c(F)cc(F)cc2F)SC1. The number of rotatable bonds is 3. The van der Waals surface area contributed by atoms with Crippen molar-refractivity contribution in [3.8, 4) is 0 Å². The van der Waals surface area contributed by atoms with Gasteiger partial charge in [0.1, 0.15) is 11.5 Å². The van der Waals surface area contributed by atoms with Gasteiger partial charge >= 0.3 is 0 Å². The van der Waals surface area contributed by atoms with E-state index < -0.39 is 17.5 Å². The highest BCUT2D eigenvalue weighted by atomic mass is 32.2. The van der Waals surface area contributed by atoms with Gasteiger partial charge in [-0.15, -0.1) is 0 Å². The van der Waals surface area contributed by atoms with E-state index in [0.717, 1.165) is 18.6 Å². The molecule has 0 bridgehead atoms. The third-order valence-corrected chi connectivity index (χ3v) is 5.07. The number of nitrogens with zero attached hydrogens (tertiary/aromatic N) is 1. The number of thioether (sulfide) groups is 1. The van der Waals surface area contributed by atoms with E-state index in [-0.39, 0.29) is 11.1 Å². The molecule has 0 aliphatic carbocycles. The van der Waals surface area contributed by atoms with Crippen molar-refractivity contribution in [2.24, 2.45) is 10.4 Å². The van der Waals surface area contributed by atoms with Gasteiger partial charge in [0.05, 0.1) is 0 Å².